The molecule has 0 aliphatic heterocycles. The van der Waals surface area contributed by atoms with Crippen molar-refractivity contribution in [1.29, 1.82) is 0 Å². The van der Waals surface area contributed by atoms with Crippen LogP contribution in [0.1, 0.15) is 59.3 Å². The normalized spacial score (nSPS) is 54.3. The number of carbonyl (C=O) groups is 1. The topological polar surface area (TPSA) is 37.3 Å². The summed E-state index contributed by atoms with van der Waals surface area (Å²) in [4.78, 5) is 11.8. The van der Waals surface area contributed by atoms with E-state index in [0.717, 1.165) is 37.5 Å². The Hall–Kier alpha value is -0.630. The lowest BCUT2D eigenvalue weighted by Crippen LogP contribution is -2.53. The molecule has 2 nitrogen and oxygen atoms in total. The molecule has 0 saturated heterocycles. The van der Waals surface area contributed by atoms with E-state index in [1.54, 1.807) is 0 Å². The first kappa shape index (κ1) is 14.9. The monoisotopic (exact) mass is 302 g/mol. The number of aliphatic hydroxyl groups is 1. The van der Waals surface area contributed by atoms with E-state index in [4.69, 9.17) is 0 Å². The number of hydrogen-bond donors (Lipinski definition) is 1. The third-order valence-corrected chi connectivity index (χ3v) is 7.89. The molecule has 4 aliphatic rings. The van der Waals surface area contributed by atoms with Crippen LogP contribution in [-0.2, 0) is 4.79 Å². The van der Waals surface area contributed by atoms with E-state index < -0.39 is 0 Å². The Balaban J connectivity index is 1.73. The smallest absolute Gasteiger partial charge is 0.155 e. The Labute approximate surface area is 134 Å². The second kappa shape index (κ2) is 4.93. The van der Waals surface area contributed by atoms with Crippen molar-refractivity contribution in [3.8, 4) is 0 Å². The SMILES string of the molecule is C[C@@H]1CC2=CC(=O)CCC2C2C1C1CC[C@H](O)[C@@]1(C)C[C@@H]2C. The molecule has 0 aromatic heterocycles. The summed E-state index contributed by atoms with van der Waals surface area (Å²) in [5.74, 6) is 4.52. The molecular weight excluding hydrogens is 272 g/mol. The summed E-state index contributed by atoms with van der Waals surface area (Å²) < 4.78 is 0. The van der Waals surface area contributed by atoms with E-state index in [1.807, 2.05) is 6.08 Å². The van der Waals surface area contributed by atoms with Crippen molar-refractivity contribution in [2.45, 2.75) is 65.4 Å². The minimum Gasteiger partial charge on any atom is -0.393 e. The Kier molecular flexibility index (Phi) is 3.35. The fourth-order valence-electron chi connectivity index (χ4n) is 7.11. The van der Waals surface area contributed by atoms with Crippen molar-refractivity contribution >= 4 is 5.78 Å². The molecule has 4 aliphatic carbocycles. The van der Waals surface area contributed by atoms with E-state index in [2.05, 4.69) is 20.8 Å². The van der Waals surface area contributed by atoms with Gasteiger partial charge in [-0.2, -0.15) is 0 Å². The average Bonchev–Trinajstić information content (AvgIpc) is 2.74. The standard InChI is InChI=1S/C20H30O2/c1-11-8-13-9-14(21)4-5-15(13)18-12(2)10-20(3)16(19(11)18)6-7-17(20)22/h9,11-12,15-19,22H,4-8,10H2,1-3H3/t11-,12+,15?,16?,17+,18?,19?,20+/m1/s1. The fraction of sp³-hybridized carbons (Fsp3) is 0.850. The summed E-state index contributed by atoms with van der Waals surface area (Å²) in [6.45, 7) is 7.16. The average molecular weight is 302 g/mol. The number of hydrogen-bond acceptors (Lipinski definition) is 2. The van der Waals surface area contributed by atoms with Crippen molar-refractivity contribution in [2.75, 3.05) is 0 Å². The fourth-order valence-corrected chi connectivity index (χ4v) is 7.11. The third-order valence-electron chi connectivity index (χ3n) is 7.89. The van der Waals surface area contributed by atoms with Crippen LogP contribution in [0.25, 0.3) is 0 Å². The first-order valence-electron chi connectivity index (χ1n) is 9.33. The highest BCUT2D eigenvalue weighted by molar-refractivity contribution is 5.91. The van der Waals surface area contributed by atoms with Crippen molar-refractivity contribution < 1.29 is 9.90 Å². The van der Waals surface area contributed by atoms with Crippen LogP contribution in [0.15, 0.2) is 11.6 Å². The summed E-state index contributed by atoms with van der Waals surface area (Å²) in [7, 11) is 0. The zero-order valence-corrected chi connectivity index (χ0v) is 14.2. The Bertz CT molecular complexity index is 522. The van der Waals surface area contributed by atoms with Crippen molar-refractivity contribution in [3.05, 3.63) is 11.6 Å². The van der Waals surface area contributed by atoms with E-state index in [0.29, 0.717) is 29.5 Å². The van der Waals surface area contributed by atoms with Gasteiger partial charge in [-0.1, -0.05) is 26.3 Å². The third kappa shape index (κ3) is 1.92. The van der Waals surface area contributed by atoms with Gasteiger partial charge in [0.2, 0.25) is 0 Å². The van der Waals surface area contributed by atoms with E-state index in [1.165, 1.54) is 18.4 Å². The highest BCUT2D eigenvalue weighted by Gasteiger charge is 2.59. The van der Waals surface area contributed by atoms with Crippen molar-refractivity contribution in [1.82, 2.24) is 0 Å². The van der Waals surface area contributed by atoms with Gasteiger partial charge in [0, 0.05) is 6.42 Å². The van der Waals surface area contributed by atoms with Gasteiger partial charge < -0.3 is 5.11 Å². The summed E-state index contributed by atoms with van der Waals surface area (Å²) in [5.41, 5.74) is 1.60. The number of ketones is 1. The van der Waals surface area contributed by atoms with Gasteiger partial charge in [0.25, 0.3) is 0 Å². The molecule has 3 fully saturated rings. The number of rotatable bonds is 0. The summed E-state index contributed by atoms with van der Waals surface area (Å²) in [5, 5.41) is 10.6. The molecule has 3 saturated carbocycles. The van der Waals surface area contributed by atoms with Crippen LogP contribution in [0, 0.1) is 40.9 Å². The molecule has 0 aromatic carbocycles. The van der Waals surface area contributed by atoms with E-state index in [9.17, 15) is 9.90 Å². The largest absolute Gasteiger partial charge is 0.393 e. The maximum absolute atomic E-state index is 11.8. The van der Waals surface area contributed by atoms with Crippen LogP contribution >= 0.6 is 0 Å². The molecule has 122 valence electrons. The molecule has 2 heteroatoms. The van der Waals surface area contributed by atoms with Gasteiger partial charge >= 0.3 is 0 Å². The maximum atomic E-state index is 11.8. The molecule has 22 heavy (non-hydrogen) atoms. The first-order valence-corrected chi connectivity index (χ1v) is 9.33. The van der Waals surface area contributed by atoms with Gasteiger partial charge in [-0.05, 0) is 79.1 Å². The van der Waals surface area contributed by atoms with Crippen LogP contribution in [0.5, 0.6) is 0 Å². The predicted octanol–water partition coefficient (Wildman–Crippen LogP) is 3.98. The second-order valence-electron chi connectivity index (χ2n) is 9.05. The van der Waals surface area contributed by atoms with Gasteiger partial charge in [0.05, 0.1) is 6.10 Å². The van der Waals surface area contributed by atoms with E-state index >= 15 is 0 Å². The second-order valence-corrected chi connectivity index (χ2v) is 9.05. The highest BCUT2D eigenvalue weighted by Crippen LogP contribution is 2.64. The van der Waals surface area contributed by atoms with Crippen LogP contribution in [0.3, 0.4) is 0 Å². The lowest BCUT2D eigenvalue weighted by molar-refractivity contribution is -0.118. The van der Waals surface area contributed by atoms with Crippen molar-refractivity contribution in [2.24, 2.45) is 40.9 Å². The minimum atomic E-state index is -0.0991. The zero-order valence-electron chi connectivity index (χ0n) is 14.2. The lowest BCUT2D eigenvalue weighted by Gasteiger charge is -2.58. The zero-order chi connectivity index (χ0) is 15.6. The van der Waals surface area contributed by atoms with Gasteiger partial charge in [-0.15, -0.1) is 0 Å². The summed E-state index contributed by atoms with van der Waals surface area (Å²) >= 11 is 0. The molecule has 0 heterocycles. The molecule has 0 spiro atoms. The minimum absolute atomic E-state index is 0.0991. The molecule has 0 amide bonds. The molecule has 0 aromatic rings. The predicted molar refractivity (Wildman–Crippen MR) is 87.2 cm³/mol. The number of fused-ring (bicyclic) bond motifs is 5. The molecule has 1 N–H and O–H groups in total. The summed E-state index contributed by atoms with van der Waals surface area (Å²) in [6, 6.07) is 0. The van der Waals surface area contributed by atoms with Gasteiger partial charge in [0.15, 0.2) is 5.78 Å². The number of allylic oxidation sites excluding steroid dienone is 1. The molecule has 4 unspecified atom stereocenters. The summed E-state index contributed by atoms with van der Waals surface area (Å²) in [6.07, 6.45) is 8.22. The molecular formula is C20H30O2. The van der Waals surface area contributed by atoms with Gasteiger partial charge in [0.1, 0.15) is 0 Å². The Morgan fingerprint density at radius 3 is 2.68 bits per heavy atom. The van der Waals surface area contributed by atoms with Gasteiger partial charge in [-0.25, -0.2) is 0 Å². The quantitative estimate of drug-likeness (QED) is 0.735. The first-order chi connectivity index (χ1) is 10.4. The number of aliphatic hydroxyl groups excluding tert-OH is 1. The van der Waals surface area contributed by atoms with Crippen LogP contribution in [-0.4, -0.2) is 17.0 Å². The molecule has 0 radical (unpaired) electrons. The maximum Gasteiger partial charge on any atom is 0.155 e. The lowest BCUT2D eigenvalue weighted by atomic mass is 9.47. The van der Waals surface area contributed by atoms with Crippen LogP contribution in [0.2, 0.25) is 0 Å². The van der Waals surface area contributed by atoms with Crippen molar-refractivity contribution in [3.63, 3.8) is 0 Å². The van der Waals surface area contributed by atoms with E-state index in [-0.39, 0.29) is 11.5 Å². The van der Waals surface area contributed by atoms with Crippen LogP contribution < -0.4 is 0 Å². The highest BCUT2D eigenvalue weighted by atomic mass is 16.3. The Morgan fingerprint density at radius 1 is 1.14 bits per heavy atom. The molecule has 4 rings (SSSR count). The molecule has 8 atom stereocenters. The Morgan fingerprint density at radius 2 is 1.91 bits per heavy atom. The van der Waals surface area contributed by atoms with Crippen LogP contribution in [0.4, 0.5) is 0 Å². The van der Waals surface area contributed by atoms with Gasteiger partial charge in [-0.3, -0.25) is 4.79 Å². The number of carbonyl (C=O) groups excluding carboxylic acids is 1. The molecule has 0 bridgehead atoms.